The number of ether oxygens (including phenoxy) is 1. The molecule has 7 N–H and O–H groups in total. The number of hydrogen-bond donors (Lipinski definition) is 7. The third-order valence-corrected chi connectivity index (χ3v) is 13.0. The number of nitrogens with one attached hydrogen (secondary N) is 6. The highest BCUT2D eigenvalue weighted by Crippen LogP contribution is 2.39. The molecular formula is C49H54F2N10O7. The van der Waals surface area contributed by atoms with Gasteiger partial charge in [-0.05, 0) is 104 Å². The summed E-state index contributed by atoms with van der Waals surface area (Å²) in [5.41, 5.74) is 5.38. The highest BCUT2D eigenvalue weighted by atomic mass is 19.1. The molecule has 3 fully saturated rings. The van der Waals surface area contributed by atoms with Gasteiger partial charge >= 0.3 is 0 Å². The summed E-state index contributed by atoms with van der Waals surface area (Å²) in [6.07, 6.45) is 2.20. The van der Waals surface area contributed by atoms with Crippen LogP contribution in [0.4, 0.5) is 31.7 Å². The van der Waals surface area contributed by atoms with Gasteiger partial charge in [-0.2, -0.15) is 5.10 Å². The number of aromatic amines is 1. The van der Waals surface area contributed by atoms with Crippen molar-refractivity contribution in [3.05, 3.63) is 112 Å². The van der Waals surface area contributed by atoms with Gasteiger partial charge < -0.3 is 36.0 Å². The monoisotopic (exact) mass is 932 g/mol. The lowest BCUT2D eigenvalue weighted by atomic mass is 10.0. The molecule has 4 aliphatic heterocycles. The number of anilines is 4. The highest BCUT2D eigenvalue weighted by molar-refractivity contribution is 6.11. The number of aliphatic hydroxyl groups is 1. The van der Waals surface area contributed by atoms with Crippen molar-refractivity contribution in [3.8, 4) is 0 Å². The van der Waals surface area contributed by atoms with E-state index in [1.165, 1.54) is 12.1 Å². The lowest BCUT2D eigenvalue weighted by molar-refractivity contribution is -0.139. The number of imide groups is 1. The van der Waals surface area contributed by atoms with Gasteiger partial charge in [0.2, 0.25) is 17.7 Å². The maximum atomic E-state index is 14.0. The van der Waals surface area contributed by atoms with Gasteiger partial charge in [0.05, 0.1) is 17.6 Å². The second kappa shape index (κ2) is 20.5. The number of nitrogens with zero attached hydrogens (tertiary/aromatic N) is 4. The highest BCUT2D eigenvalue weighted by Gasteiger charge is 2.45. The Kier molecular flexibility index (Phi) is 13.9. The van der Waals surface area contributed by atoms with Crippen LogP contribution >= 0.6 is 0 Å². The molecule has 356 valence electrons. The fourth-order valence-corrected chi connectivity index (χ4v) is 9.46. The molecule has 2 atom stereocenters. The number of carbonyl (C=O) groups is 5. The lowest BCUT2D eigenvalue weighted by Gasteiger charge is -2.36. The number of H-pyrrole nitrogens is 1. The van der Waals surface area contributed by atoms with Gasteiger partial charge in [-0.1, -0.05) is 12.1 Å². The molecule has 3 saturated heterocycles. The molecule has 9 rings (SSSR count). The summed E-state index contributed by atoms with van der Waals surface area (Å²) in [6.45, 7) is 5.21. The molecule has 1 aromatic heterocycles. The molecule has 4 aliphatic rings. The Morgan fingerprint density at radius 3 is 2.41 bits per heavy atom. The number of halogens is 2. The molecule has 4 aromatic carbocycles. The molecule has 19 heteroatoms. The van der Waals surface area contributed by atoms with Crippen molar-refractivity contribution >= 4 is 63.3 Å². The van der Waals surface area contributed by atoms with Crippen LogP contribution < -0.4 is 31.5 Å². The molecule has 0 radical (unpaired) electrons. The first-order valence-electron chi connectivity index (χ1n) is 23.1. The normalized spacial score (nSPS) is 19.0. The third-order valence-electron chi connectivity index (χ3n) is 13.0. The Morgan fingerprint density at radius 2 is 1.63 bits per heavy atom. The van der Waals surface area contributed by atoms with E-state index in [2.05, 4.69) is 46.6 Å². The second-order valence-electron chi connectivity index (χ2n) is 17.7. The number of hydrogen-bond acceptors (Lipinski definition) is 12. The first-order chi connectivity index (χ1) is 33.0. The largest absolute Gasteiger partial charge is 0.385 e. The number of amides is 5. The van der Waals surface area contributed by atoms with E-state index >= 15 is 0 Å². The molecule has 0 bridgehead atoms. The average Bonchev–Trinajstić information content (AvgIpc) is 3.83. The number of aliphatic hydroxyl groups excluding tert-OH is 1. The Balaban J connectivity index is 0.752. The van der Waals surface area contributed by atoms with Crippen LogP contribution in [0, 0.1) is 11.6 Å². The van der Waals surface area contributed by atoms with Crippen LogP contribution in [0.15, 0.2) is 72.8 Å². The van der Waals surface area contributed by atoms with Gasteiger partial charge in [-0.25, -0.2) is 8.78 Å². The summed E-state index contributed by atoms with van der Waals surface area (Å²) in [6, 6.07) is 19.0. The zero-order chi connectivity index (χ0) is 47.3. The fraction of sp³-hybridized carbons (Fsp3) is 0.388. The topological polar surface area (TPSA) is 213 Å². The summed E-state index contributed by atoms with van der Waals surface area (Å²) in [5.74, 6) is -2.82. The molecule has 68 heavy (non-hydrogen) atoms. The number of unbranched alkanes of at least 4 members (excludes halogenated alkanes) is 1. The van der Waals surface area contributed by atoms with Crippen LogP contribution in [-0.4, -0.2) is 126 Å². The molecule has 2 unspecified atom stereocenters. The summed E-state index contributed by atoms with van der Waals surface area (Å²) in [5, 5.41) is 34.3. The van der Waals surface area contributed by atoms with E-state index in [9.17, 15) is 37.9 Å². The van der Waals surface area contributed by atoms with E-state index in [0.717, 1.165) is 35.1 Å². The van der Waals surface area contributed by atoms with E-state index < -0.39 is 41.6 Å². The molecule has 5 heterocycles. The van der Waals surface area contributed by atoms with Crippen LogP contribution in [0.1, 0.15) is 82.2 Å². The van der Waals surface area contributed by atoms with E-state index in [1.807, 2.05) is 36.4 Å². The number of piperidine rings is 1. The molecular weight excluding hydrogens is 879 g/mol. The van der Waals surface area contributed by atoms with Crippen LogP contribution in [0.3, 0.4) is 0 Å². The minimum absolute atomic E-state index is 0.0661. The SMILES string of the molecule is O=C(CN1CCN(c2ccc(C(=O)Nc3n[nH]c4ccc(Cc5cc(F)cc(F)c5)cc34)c(NC3CCOCC3)c2)CC1)NCCCCNc1cccc2c1C(O)N(C1CCC(=O)NC1=O)C2=O. The summed E-state index contributed by atoms with van der Waals surface area (Å²) in [4.78, 5) is 69.8. The standard InChI is InChI=1S/C49H54F2N10O7/c50-31-23-30(24-32(51)26-31)22-29-6-9-38-37(25-29)45(58-57-38)56-46(64)35-8-7-34(27-40(35)54-33-12-20-68-21-13-33)60-18-16-59(17-19-60)28-43(63)53-15-2-1-14-52-39-5-3-4-36-44(39)49(67)61(48(36)66)41-10-11-42(62)55-47(41)65/h3-9,23-27,33,41,49,52,54,67H,1-2,10-22,28H2,(H,53,63)(H,55,62,65)(H2,56,57,58,64). The molecule has 0 saturated carbocycles. The van der Waals surface area contributed by atoms with Crippen LogP contribution in [0.2, 0.25) is 0 Å². The van der Waals surface area contributed by atoms with Crippen LogP contribution in [0.25, 0.3) is 10.9 Å². The van der Waals surface area contributed by atoms with Gasteiger partial charge in [0.15, 0.2) is 12.0 Å². The minimum Gasteiger partial charge on any atom is -0.385 e. The van der Waals surface area contributed by atoms with E-state index in [4.69, 9.17) is 4.74 Å². The van der Waals surface area contributed by atoms with Gasteiger partial charge in [0.1, 0.15) is 17.7 Å². The van der Waals surface area contributed by atoms with Crippen molar-refractivity contribution in [2.45, 2.75) is 63.3 Å². The third kappa shape index (κ3) is 10.4. The number of piperazine rings is 1. The molecule has 0 aliphatic carbocycles. The van der Waals surface area contributed by atoms with Crippen molar-refractivity contribution in [1.29, 1.82) is 0 Å². The van der Waals surface area contributed by atoms with E-state index in [-0.39, 0.29) is 37.2 Å². The Hall–Kier alpha value is -6.96. The summed E-state index contributed by atoms with van der Waals surface area (Å²) < 4.78 is 33.4. The molecule has 5 aromatic rings. The smallest absolute Gasteiger partial charge is 0.258 e. The quantitative estimate of drug-likeness (QED) is 0.0532. The van der Waals surface area contributed by atoms with Gasteiger partial charge in [0, 0.05) is 105 Å². The maximum absolute atomic E-state index is 14.0. The van der Waals surface area contributed by atoms with Crippen molar-refractivity contribution in [1.82, 2.24) is 30.6 Å². The van der Waals surface area contributed by atoms with Gasteiger partial charge in [-0.15, -0.1) is 0 Å². The Labute approximate surface area is 390 Å². The van der Waals surface area contributed by atoms with Crippen molar-refractivity contribution in [3.63, 3.8) is 0 Å². The number of carbonyl (C=O) groups excluding carboxylic acids is 5. The molecule has 17 nitrogen and oxygen atoms in total. The zero-order valence-electron chi connectivity index (χ0n) is 37.4. The second-order valence-corrected chi connectivity index (χ2v) is 17.7. The van der Waals surface area contributed by atoms with Crippen molar-refractivity contribution < 1.29 is 42.6 Å². The van der Waals surface area contributed by atoms with E-state index in [1.54, 1.807) is 18.2 Å². The minimum atomic E-state index is -1.33. The fourth-order valence-electron chi connectivity index (χ4n) is 9.46. The van der Waals surface area contributed by atoms with Crippen molar-refractivity contribution in [2.24, 2.45) is 0 Å². The summed E-state index contributed by atoms with van der Waals surface area (Å²) >= 11 is 0. The predicted molar refractivity (Wildman–Crippen MR) is 250 cm³/mol. The first-order valence-corrected chi connectivity index (χ1v) is 23.1. The number of benzene rings is 4. The van der Waals surface area contributed by atoms with Crippen LogP contribution in [-0.2, 0) is 25.5 Å². The Morgan fingerprint density at radius 1 is 0.853 bits per heavy atom. The number of rotatable bonds is 16. The van der Waals surface area contributed by atoms with E-state index in [0.29, 0.717) is 122 Å². The molecule has 0 spiro atoms. The predicted octanol–water partition coefficient (Wildman–Crippen LogP) is 4.66. The number of fused-ring (bicyclic) bond motifs is 2. The van der Waals surface area contributed by atoms with Crippen LogP contribution in [0.5, 0.6) is 0 Å². The molecule has 5 amide bonds. The summed E-state index contributed by atoms with van der Waals surface area (Å²) in [7, 11) is 0. The number of aromatic nitrogens is 2. The lowest BCUT2D eigenvalue weighted by Crippen LogP contribution is -2.53. The van der Waals surface area contributed by atoms with Crippen molar-refractivity contribution in [2.75, 3.05) is 79.9 Å². The average molecular weight is 933 g/mol. The Bertz CT molecular complexity index is 2700. The van der Waals surface area contributed by atoms with Gasteiger partial charge in [-0.3, -0.25) is 44.2 Å². The zero-order valence-corrected chi connectivity index (χ0v) is 37.4. The first kappa shape index (κ1) is 46.2. The maximum Gasteiger partial charge on any atom is 0.258 e. The van der Waals surface area contributed by atoms with Gasteiger partial charge in [0.25, 0.3) is 11.8 Å².